The molecule has 2 aromatic carbocycles. The number of nitrogens with one attached hydrogen (secondary N) is 2. The molecule has 3 amide bonds. The predicted molar refractivity (Wildman–Crippen MR) is 169 cm³/mol. The smallest absolute Gasteiger partial charge is 0.251 e. The third-order valence-electron chi connectivity index (χ3n) is 9.13. The molecule has 238 valence electrons. The van der Waals surface area contributed by atoms with Gasteiger partial charge in [-0.05, 0) is 80.3 Å². The summed E-state index contributed by atoms with van der Waals surface area (Å²) in [5.41, 5.74) is 9.32. The van der Waals surface area contributed by atoms with Crippen molar-refractivity contribution in [3.8, 4) is 16.9 Å². The van der Waals surface area contributed by atoms with Gasteiger partial charge in [0.15, 0.2) is 0 Å². The van der Waals surface area contributed by atoms with Gasteiger partial charge in [-0.15, -0.1) is 0 Å². The van der Waals surface area contributed by atoms with Gasteiger partial charge in [0.2, 0.25) is 11.8 Å². The Labute approximate surface area is 260 Å². The maximum Gasteiger partial charge on any atom is 0.251 e. The van der Waals surface area contributed by atoms with E-state index in [4.69, 9.17) is 10.5 Å². The van der Waals surface area contributed by atoms with Gasteiger partial charge in [0.25, 0.3) is 5.91 Å². The van der Waals surface area contributed by atoms with Crippen LogP contribution in [0, 0.1) is 5.92 Å². The van der Waals surface area contributed by atoms with Crippen LogP contribution in [-0.2, 0) is 20.7 Å². The third-order valence-corrected chi connectivity index (χ3v) is 9.13. The Morgan fingerprint density at radius 1 is 0.886 bits per heavy atom. The summed E-state index contributed by atoms with van der Waals surface area (Å²) in [7, 11) is 0. The lowest BCUT2D eigenvalue weighted by Crippen LogP contribution is -2.48. The molecule has 4 bridgehead atoms. The molecule has 0 spiro atoms. The molecule has 5 N–H and O–H groups in total. The van der Waals surface area contributed by atoms with Gasteiger partial charge >= 0.3 is 0 Å². The number of benzene rings is 2. The topological polar surface area (TPSA) is 137 Å². The monoisotopic (exact) mass is 605 g/mol. The lowest BCUT2D eigenvalue weighted by atomic mass is 9.98. The minimum absolute atomic E-state index is 0.0413. The third kappa shape index (κ3) is 8.58. The molecule has 0 aromatic heterocycles. The summed E-state index contributed by atoms with van der Waals surface area (Å²) >= 11 is 0. The van der Waals surface area contributed by atoms with Crippen LogP contribution in [0.1, 0.15) is 60.9 Å². The number of aromatic hydroxyl groups is 1. The zero-order valence-corrected chi connectivity index (χ0v) is 25.6. The maximum absolute atomic E-state index is 14.0. The SMILES string of the molecule is N[C@@H]1CC[C@H](C(=O)N2CCCNC(=O)c3cccc(c3)-c3cc(ccc3O)CCNC(=O)CCC2)CN(C2CCOCC2)C1. The molecule has 0 unspecified atom stereocenters. The minimum atomic E-state index is -0.196. The molecule has 44 heavy (non-hydrogen) atoms. The Hall–Kier alpha value is -3.47. The first kappa shape index (κ1) is 31.9. The van der Waals surface area contributed by atoms with Gasteiger partial charge in [-0.3, -0.25) is 19.3 Å². The van der Waals surface area contributed by atoms with E-state index in [-0.39, 0.29) is 35.4 Å². The van der Waals surface area contributed by atoms with Gasteiger partial charge in [0.05, 0.1) is 5.92 Å². The molecule has 5 rings (SSSR count). The Morgan fingerprint density at radius 2 is 1.68 bits per heavy atom. The van der Waals surface area contributed by atoms with Gasteiger partial charge in [-0.25, -0.2) is 0 Å². The van der Waals surface area contributed by atoms with E-state index < -0.39 is 0 Å². The first-order valence-corrected chi connectivity index (χ1v) is 16.2. The van der Waals surface area contributed by atoms with Crippen molar-refractivity contribution in [3.63, 3.8) is 0 Å². The number of carbonyl (C=O) groups excluding carboxylic acids is 3. The summed E-state index contributed by atoms with van der Waals surface area (Å²) in [6, 6.07) is 13.0. The van der Waals surface area contributed by atoms with Gasteiger partial charge in [-0.1, -0.05) is 18.2 Å². The molecule has 10 nitrogen and oxygen atoms in total. The van der Waals surface area contributed by atoms with Crippen LogP contribution in [-0.4, -0.2) is 97.2 Å². The van der Waals surface area contributed by atoms with E-state index in [0.29, 0.717) is 75.6 Å². The maximum atomic E-state index is 14.0. The van der Waals surface area contributed by atoms with Crippen molar-refractivity contribution >= 4 is 17.7 Å². The first-order chi connectivity index (χ1) is 21.4. The summed E-state index contributed by atoms with van der Waals surface area (Å²) in [5.74, 6) is -0.137. The molecule has 3 aliphatic heterocycles. The number of hydrogen-bond acceptors (Lipinski definition) is 7. The fourth-order valence-electron chi connectivity index (χ4n) is 6.63. The zero-order chi connectivity index (χ0) is 30.9. The van der Waals surface area contributed by atoms with Crippen LogP contribution < -0.4 is 16.4 Å². The van der Waals surface area contributed by atoms with E-state index >= 15 is 0 Å². The summed E-state index contributed by atoms with van der Waals surface area (Å²) < 4.78 is 5.57. The van der Waals surface area contributed by atoms with Crippen molar-refractivity contribution in [1.29, 1.82) is 0 Å². The van der Waals surface area contributed by atoms with Crippen molar-refractivity contribution in [2.24, 2.45) is 11.7 Å². The fraction of sp³-hybridized carbons (Fsp3) is 0.559. The van der Waals surface area contributed by atoms with Crippen LogP contribution in [0.15, 0.2) is 42.5 Å². The average molecular weight is 606 g/mol. The molecular formula is C34H47N5O5. The van der Waals surface area contributed by atoms with Crippen molar-refractivity contribution in [2.75, 3.05) is 52.5 Å². The molecule has 0 saturated carbocycles. The molecule has 3 heterocycles. The Morgan fingerprint density at radius 3 is 2.52 bits per heavy atom. The zero-order valence-electron chi connectivity index (χ0n) is 25.6. The number of phenolic OH excluding ortho intramolecular Hbond substituents is 1. The summed E-state index contributed by atoms with van der Waals surface area (Å²) in [6.07, 6.45) is 5.58. The van der Waals surface area contributed by atoms with E-state index in [0.717, 1.165) is 56.6 Å². The molecular weight excluding hydrogens is 558 g/mol. The molecule has 2 saturated heterocycles. The van der Waals surface area contributed by atoms with Crippen LogP contribution in [0.25, 0.3) is 11.1 Å². The molecule has 2 aromatic rings. The summed E-state index contributed by atoms with van der Waals surface area (Å²) in [4.78, 5) is 44.1. The second-order valence-electron chi connectivity index (χ2n) is 12.4. The van der Waals surface area contributed by atoms with Crippen LogP contribution in [0.5, 0.6) is 5.75 Å². The van der Waals surface area contributed by atoms with Crippen LogP contribution >= 0.6 is 0 Å². The highest BCUT2D eigenvalue weighted by Crippen LogP contribution is 2.31. The largest absolute Gasteiger partial charge is 0.507 e. The molecule has 0 radical (unpaired) electrons. The number of ether oxygens (including phenoxy) is 1. The van der Waals surface area contributed by atoms with E-state index in [1.165, 1.54) is 0 Å². The standard InChI is InChI=1S/C34H47N5O5/c35-28-9-8-27(22-39(23-28)29-12-18-44-19-13-29)34(43)38-16-2-6-32(41)36-15-11-24-7-10-31(40)30(20-24)25-4-1-5-26(21-25)33(42)37-14-3-17-38/h1,4-5,7,10,20-21,27-29,40H,2-3,6,8-9,11-19,22-23,35H2,(H,36,41)(H,37,42)/t27-,28+/m0/s1. The van der Waals surface area contributed by atoms with E-state index in [1.807, 2.05) is 29.2 Å². The van der Waals surface area contributed by atoms with Crippen molar-refractivity contribution in [2.45, 2.75) is 63.5 Å². The quantitative estimate of drug-likeness (QED) is 0.413. The number of nitrogens with two attached hydrogens (primary N) is 1. The summed E-state index contributed by atoms with van der Waals surface area (Å²) in [6.45, 7) is 4.85. The highest BCUT2D eigenvalue weighted by Gasteiger charge is 2.33. The van der Waals surface area contributed by atoms with Crippen LogP contribution in [0.3, 0.4) is 0 Å². The van der Waals surface area contributed by atoms with Crippen LogP contribution in [0.2, 0.25) is 0 Å². The Balaban J connectivity index is 1.29. The number of fused-ring (bicyclic) bond motifs is 5. The van der Waals surface area contributed by atoms with Gasteiger partial charge in [-0.2, -0.15) is 0 Å². The number of carbonyl (C=O) groups is 3. The Kier molecular flexibility index (Phi) is 11.3. The average Bonchev–Trinajstić information content (AvgIpc) is 3.24. The molecule has 3 aliphatic rings. The van der Waals surface area contributed by atoms with Crippen molar-refractivity contribution < 1.29 is 24.2 Å². The molecule has 2 atom stereocenters. The highest BCUT2D eigenvalue weighted by atomic mass is 16.5. The van der Waals surface area contributed by atoms with Gasteiger partial charge < -0.3 is 31.1 Å². The number of likely N-dealkylation sites (tertiary alicyclic amines) is 1. The fourth-order valence-corrected chi connectivity index (χ4v) is 6.63. The van der Waals surface area contributed by atoms with Crippen molar-refractivity contribution in [3.05, 3.63) is 53.6 Å². The van der Waals surface area contributed by atoms with Crippen LogP contribution in [0.4, 0.5) is 0 Å². The van der Waals surface area contributed by atoms with Gasteiger partial charge in [0.1, 0.15) is 5.75 Å². The lowest BCUT2D eigenvalue weighted by Gasteiger charge is -2.36. The number of amides is 3. The highest BCUT2D eigenvalue weighted by molar-refractivity contribution is 5.95. The van der Waals surface area contributed by atoms with Crippen molar-refractivity contribution in [1.82, 2.24) is 20.4 Å². The second kappa shape index (κ2) is 15.5. The van der Waals surface area contributed by atoms with E-state index in [1.54, 1.807) is 18.2 Å². The summed E-state index contributed by atoms with van der Waals surface area (Å²) in [5, 5.41) is 16.5. The van der Waals surface area contributed by atoms with E-state index in [2.05, 4.69) is 15.5 Å². The first-order valence-electron chi connectivity index (χ1n) is 16.2. The van der Waals surface area contributed by atoms with Gasteiger partial charge in [0, 0.05) is 82.1 Å². The van der Waals surface area contributed by atoms with E-state index in [9.17, 15) is 19.5 Å². The minimum Gasteiger partial charge on any atom is -0.507 e. The molecule has 2 fully saturated rings. The number of hydrogen-bond donors (Lipinski definition) is 4. The second-order valence-corrected chi connectivity index (χ2v) is 12.4. The predicted octanol–water partition coefficient (Wildman–Crippen LogP) is 2.68. The lowest BCUT2D eigenvalue weighted by molar-refractivity contribution is -0.137. The normalized spacial score (nSPS) is 23.8. The molecule has 10 heteroatoms. The number of nitrogens with zero attached hydrogens (tertiary/aromatic N) is 2. The number of rotatable bonds is 2. The number of phenols is 1. The Bertz CT molecular complexity index is 1300. The molecule has 0 aliphatic carbocycles.